The van der Waals surface area contributed by atoms with E-state index in [1.165, 1.54) is 0 Å². The second-order valence-corrected chi connectivity index (χ2v) is 4.49. The molecule has 2 fully saturated rings. The quantitative estimate of drug-likeness (QED) is 0.640. The highest BCUT2D eigenvalue weighted by atomic mass is 16.7. The lowest BCUT2D eigenvalue weighted by Crippen LogP contribution is -2.66. The third-order valence-electron chi connectivity index (χ3n) is 3.27. The van der Waals surface area contributed by atoms with Gasteiger partial charge < -0.3 is 19.3 Å². The van der Waals surface area contributed by atoms with Gasteiger partial charge in [0.15, 0.2) is 5.79 Å². The highest BCUT2D eigenvalue weighted by Gasteiger charge is 2.47. The molecule has 0 aromatic rings. The van der Waals surface area contributed by atoms with E-state index in [9.17, 15) is 5.11 Å². The molecule has 0 bridgehead atoms. The predicted octanol–water partition coefficient (Wildman–Crippen LogP) is -0.558. The first-order valence-electron chi connectivity index (χ1n) is 5.24. The van der Waals surface area contributed by atoms with Crippen molar-refractivity contribution in [2.75, 3.05) is 47.1 Å². The van der Waals surface area contributed by atoms with E-state index >= 15 is 0 Å². The van der Waals surface area contributed by atoms with Gasteiger partial charge >= 0.3 is 0 Å². The normalized spacial score (nSPS) is 35.4. The fraction of sp³-hybridized carbons (Fsp3) is 1.00. The van der Waals surface area contributed by atoms with Gasteiger partial charge in [-0.05, 0) is 0 Å². The number of rotatable bonds is 4. The minimum Gasteiger partial charge on any atom is -0.386 e. The van der Waals surface area contributed by atoms with Gasteiger partial charge in [-0.3, -0.25) is 4.90 Å². The van der Waals surface area contributed by atoms with E-state index in [1.54, 1.807) is 14.2 Å². The summed E-state index contributed by atoms with van der Waals surface area (Å²) in [6, 6.07) is 0. The fourth-order valence-electron chi connectivity index (χ4n) is 2.23. The standard InChI is InChI=1S/C10H19NO4/c1-13-10(14-2)6-11(7-10)5-9(12)3-4-15-8-9/h12H,3-8H2,1-2H3. The Labute approximate surface area is 89.9 Å². The molecule has 1 N–H and O–H groups in total. The summed E-state index contributed by atoms with van der Waals surface area (Å²) in [5, 5.41) is 10.1. The van der Waals surface area contributed by atoms with Crippen molar-refractivity contribution in [3.63, 3.8) is 0 Å². The summed E-state index contributed by atoms with van der Waals surface area (Å²) >= 11 is 0. The monoisotopic (exact) mass is 217 g/mol. The first-order valence-corrected chi connectivity index (χ1v) is 5.24. The van der Waals surface area contributed by atoms with Crippen molar-refractivity contribution in [2.24, 2.45) is 0 Å². The number of nitrogens with zero attached hydrogens (tertiary/aromatic N) is 1. The topological polar surface area (TPSA) is 51.2 Å². The van der Waals surface area contributed by atoms with Crippen LogP contribution >= 0.6 is 0 Å². The summed E-state index contributed by atoms with van der Waals surface area (Å²) in [5.41, 5.74) is -0.673. The van der Waals surface area contributed by atoms with Crippen LogP contribution in [0.4, 0.5) is 0 Å². The molecule has 1 atom stereocenters. The Morgan fingerprint density at radius 3 is 2.47 bits per heavy atom. The van der Waals surface area contributed by atoms with E-state index in [0.717, 1.165) is 6.42 Å². The summed E-state index contributed by atoms with van der Waals surface area (Å²) in [6.45, 7) is 3.16. The van der Waals surface area contributed by atoms with Gasteiger partial charge in [-0.15, -0.1) is 0 Å². The molecule has 2 aliphatic rings. The summed E-state index contributed by atoms with van der Waals surface area (Å²) in [6.07, 6.45) is 0.719. The van der Waals surface area contributed by atoms with Gasteiger partial charge in [0.2, 0.25) is 0 Å². The lowest BCUT2D eigenvalue weighted by molar-refractivity contribution is -0.280. The Kier molecular flexibility index (Phi) is 3.00. The SMILES string of the molecule is COC1(OC)CN(CC2(O)CCOC2)C1. The molecule has 5 heteroatoms. The zero-order valence-corrected chi connectivity index (χ0v) is 9.36. The van der Waals surface area contributed by atoms with Crippen molar-refractivity contribution in [1.82, 2.24) is 4.90 Å². The minimum atomic E-state index is -0.673. The van der Waals surface area contributed by atoms with Crippen LogP contribution in [0.5, 0.6) is 0 Å². The zero-order valence-electron chi connectivity index (χ0n) is 9.36. The van der Waals surface area contributed by atoms with E-state index < -0.39 is 11.4 Å². The molecular weight excluding hydrogens is 198 g/mol. The Morgan fingerprint density at radius 2 is 2.00 bits per heavy atom. The zero-order chi connectivity index (χ0) is 10.9. The van der Waals surface area contributed by atoms with Gasteiger partial charge in [0.05, 0.1) is 19.7 Å². The third-order valence-corrected chi connectivity index (χ3v) is 3.27. The van der Waals surface area contributed by atoms with Crippen LogP contribution in [0.25, 0.3) is 0 Å². The molecule has 88 valence electrons. The number of methoxy groups -OCH3 is 2. The average molecular weight is 217 g/mol. The lowest BCUT2D eigenvalue weighted by atomic mass is 9.98. The van der Waals surface area contributed by atoms with Crippen molar-refractivity contribution in [2.45, 2.75) is 17.8 Å². The first kappa shape index (κ1) is 11.3. The van der Waals surface area contributed by atoms with E-state index in [0.29, 0.717) is 32.8 Å². The second-order valence-electron chi connectivity index (χ2n) is 4.49. The molecule has 5 nitrogen and oxygen atoms in total. The molecule has 1 unspecified atom stereocenters. The van der Waals surface area contributed by atoms with Crippen LogP contribution < -0.4 is 0 Å². The van der Waals surface area contributed by atoms with Crippen LogP contribution in [0.3, 0.4) is 0 Å². The maximum absolute atomic E-state index is 10.1. The summed E-state index contributed by atoms with van der Waals surface area (Å²) in [7, 11) is 3.29. The Bertz CT molecular complexity index is 215. The average Bonchev–Trinajstić information content (AvgIpc) is 2.58. The minimum absolute atomic E-state index is 0.441. The van der Waals surface area contributed by atoms with E-state index in [1.807, 2.05) is 0 Å². The van der Waals surface area contributed by atoms with Crippen molar-refractivity contribution in [3.8, 4) is 0 Å². The smallest absolute Gasteiger partial charge is 0.193 e. The Hall–Kier alpha value is -0.200. The summed E-state index contributed by atoms with van der Waals surface area (Å²) < 4.78 is 15.7. The maximum Gasteiger partial charge on any atom is 0.193 e. The molecule has 0 aliphatic carbocycles. The predicted molar refractivity (Wildman–Crippen MR) is 53.6 cm³/mol. The Balaban J connectivity index is 1.80. The molecule has 15 heavy (non-hydrogen) atoms. The molecule has 2 saturated heterocycles. The lowest BCUT2D eigenvalue weighted by Gasteiger charge is -2.49. The third kappa shape index (κ3) is 2.16. The van der Waals surface area contributed by atoms with Crippen LogP contribution in [-0.4, -0.2) is 68.5 Å². The van der Waals surface area contributed by atoms with Crippen molar-refractivity contribution >= 4 is 0 Å². The molecule has 0 amide bonds. The van der Waals surface area contributed by atoms with Gasteiger partial charge in [-0.1, -0.05) is 0 Å². The molecule has 0 aromatic heterocycles. The van der Waals surface area contributed by atoms with E-state index in [2.05, 4.69) is 4.90 Å². The number of β-amino-alcohol motifs (C(OH)–C–C–N with tert-alkyl or cyclic N) is 1. The Morgan fingerprint density at radius 1 is 1.33 bits per heavy atom. The number of hydrogen-bond acceptors (Lipinski definition) is 5. The number of likely N-dealkylation sites (tertiary alicyclic amines) is 1. The van der Waals surface area contributed by atoms with Gasteiger partial charge in [0.25, 0.3) is 0 Å². The first-order chi connectivity index (χ1) is 7.11. The van der Waals surface area contributed by atoms with Crippen molar-refractivity contribution in [3.05, 3.63) is 0 Å². The molecule has 0 radical (unpaired) electrons. The molecule has 2 heterocycles. The van der Waals surface area contributed by atoms with Crippen LogP contribution in [-0.2, 0) is 14.2 Å². The fourth-order valence-corrected chi connectivity index (χ4v) is 2.23. The second kappa shape index (κ2) is 3.99. The maximum atomic E-state index is 10.1. The summed E-state index contributed by atoms with van der Waals surface area (Å²) in [4.78, 5) is 2.13. The van der Waals surface area contributed by atoms with E-state index in [-0.39, 0.29) is 0 Å². The van der Waals surface area contributed by atoms with Crippen LogP contribution in [0.2, 0.25) is 0 Å². The van der Waals surface area contributed by atoms with Gasteiger partial charge in [-0.25, -0.2) is 0 Å². The number of ether oxygens (including phenoxy) is 3. The van der Waals surface area contributed by atoms with Gasteiger partial charge in [-0.2, -0.15) is 0 Å². The highest BCUT2D eigenvalue weighted by Crippen LogP contribution is 2.29. The highest BCUT2D eigenvalue weighted by molar-refractivity contribution is 4.95. The molecule has 2 aliphatic heterocycles. The largest absolute Gasteiger partial charge is 0.386 e. The van der Waals surface area contributed by atoms with Crippen LogP contribution in [0.1, 0.15) is 6.42 Å². The molecular formula is C10H19NO4. The molecule has 0 spiro atoms. The molecule has 2 rings (SSSR count). The van der Waals surface area contributed by atoms with E-state index in [4.69, 9.17) is 14.2 Å². The van der Waals surface area contributed by atoms with Gasteiger partial charge in [0, 0.05) is 33.8 Å². The number of aliphatic hydroxyl groups is 1. The molecule has 0 saturated carbocycles. The molecule has 0 aromatic carbocycles. The van der Waals surface area contributed by atoms with Crippen LogP contribution in [0.15, 0.2) is 0 Å². The van der Waals surface area contributed by atoms with Crippen molar-refractivity contribution in [1.29, 1.82) is 0 Å². The number of hydrogen-bond donors (Lipinski definition) is 1. The van der Waals surface area contributed by atoms with Gasteiger partial charge in [0.1, 0.15) is 5.60 Å². The van der Waals surface area contributed by atoms with Crippen LogP contribution in [0, 0.1) is 0 Å². The van der Waals surface area contributed by atoms with Crippen molar-refractivity contribution < 1.29 is 19.3 Å². The summed E-state index contributed by atoms with van der Waals surface area (Å²) in [5.74, 6) is -0.462.